The lowest BCUT2D eigenvalue weighted by atomic mass is 10.0. The van der Waals surface area contributed by atoms with Gasteiger partial charge in [-0.05, 0) is 43.2 Å². The summed E-state index contributed by atoms with van der Waals surface area (Å²) in [5, 5.41) is 40.9. The molecule has 0 fully saturated rings. The molecule has 0 saturated heterocycles. The zero-order chi connectivity index (χ0) is 20.3. The van der Waals surface area contributed by atoms with E-state index >= 15 is 0 Å². The zero-order valence-corrected chi connectivity index (χ0v) is 15.5. The number of esters is 1. The fourth-order valence-corrected chi connectivity index (χ4v) is 2.71. The van der Waals surface area contributed by atoms with Gasteiger partial charge in [-0.1, -0.05) is 18.2 Å². The van der Waals surface area contributed by atoms with Crippen molar-refractivity contribution in [1.82, 2.24) is 5.10 Å². The number of nitrogens with one attached hydrogen (secondary N) is 1. The van der Waals surface area contributed by atoms with Crippen LogP contribution in [-0.4, -0.2) is 28.8 Å². The predicted octanol–water partition coefficient (Wildman–Crippen LogP) is 1.63. The van der Waals surface area contributed by atoms with E-state index in [1.54, 1.807) is 44.2 Å². The maximum atomic E-state index is 12.5. The molecule has 1 heterocycles. The van der Waals surface area contributed by atoms with Crippen molar-refractivity contribution in [2.45, 2.75) is 26.4 Å². The van der Waals surface area contributed by atoms with Gasteiger partial charge in [-0.25, -0.2) is 4.73 Å². The van der Waals surface area contributed by atoms with Crippen LogP contribution in [0.4, 0.5) is 5.95 Å². The summed E-state index contributed by atoms with van der Waals surface area (Å²) < 4.78 is 5.51. The van der Waals surface area contributed by atoms with Gasteiger partial charge in [-0.2, -0.15) is 0 Å². The summed E-state index contributed by atoms with van der Waals surface area (Å²) in [4.78, 5) is 11.9. The van der Waals surface area contributed by atoms with Gasteiger partial charge >= 0.3 is 11.9 Å². The number of nitrogens with zero attached hydrogens (tertiary/aromatic N) is 3. The van der Waals surface area contributed by atoms with Crippen molar-refractivity contribution in [3.63, 3.8) is 0 Å². The minimum atomic E-state index is -0.411. The Kier molecular flexibility index (Phi) is 5.44. The number of fused-ring (bicyclic) bond motifs is 1. The minimum Gasteiger partial charge on any atom is -0.739 e. The molecule has 0 aliphatic heterocycles. The van der Waals surface area contributed by atoms with Crippen LogP contribution in [0.5, 0.6) is 5.75 Å². The summed E-state index contributed by atoms with van der Waals surface area (Å²) in [7, 11) is 0. The number of ether oxygens (including phenoxy) is 1. The van der Waals surface area contributed by atoms with E-state index < -0.39 is 5.97 Å². The van der Waals surface area contributed by atoms with Gasteiger partial charge in [0.15, 0.2) is 5.52 Å². The van der Waals surface area contributed by atoms with Gasteiger partial charge in [0, 0.05) is 10.9 Å². The fourth-order valence-electron chi connectivity index (χ4n) is 2.71. The van der Waals surface area contributed by atoms with Crippen LogP contribution in [0.15, 0.2) is 42.5 Å². The third-order valence-corrected chi connectivity index (χ3v) is 3.94. The van der Waals surface area contributed by atoms with Gasteiger partial charge < -0.3 is 20.3 Å². The lowest BCUT2D eigenvalue weighted by Gasteiger charge is -2.11. The molecule has 3 rings (SSSR count). The molecular formula is C19H20N4O5. The van der Waals surface area contributed by atoms with Crippen molar-refractivity contribution >= 4 is 23.0 Å². The van der Waals surface area contributed by atoms with E-state index in [-0.39, 0.29) is 41.8 Å². The molecule has 0 unspecified atom stereocenters. The molecule has 0 amide bonds. The van der Waals surface area contributed by atoms with E-state index in [4.69, 9.17) is 4.74 Å². The highest BCUT2D eigenvalue weighted by molar-refractivity contribution is 5.78. The van der Waals surface area contributed by atoms with Crippen molar-refractivity contribution in [1.29, 1.82) is 0 Å². The first kappa shape index (κ1) is 19.2. The van der Waals surface area contributed by atoms with Crippen LogP contribution in [0, 0.1) is 10.4 Å². The third-order valence-electron chi connectivity index (χ3n) is 3.94. The Morgan fingerprint density at radius 2 is 1.93 bits per heavy atom. The Bertz CT molecular complexity index is 1020. The predicted molar refractivity (Wildman–Crippen MR) is 101 cm³/mol. The number of rotatable bonds is 6. The Morgan fingerprint density at radius 3 is 2.64 bits per heavy atom. The summed E-state index contributed by atoms with van der Waals surface area (Å²) >= 11 is 0. The molecule has 0 aliphatic rings. The Morgan fingerprint density at radius 1 is 1.18 bits per heavy atom. The number of aromatic hydroxyl groups is 1. The Labute approximate surface area is 161 Å². The first-order valence-electron chi connectivity index (χ1n) is 8.75. The molecule has 9 heteroatoms. The van der Waals surface area contributed by atoms with E-state index in [0.29, 0.717) is 20.7 Å². The second-order valence-electron chi connectivity index (χ2n) is 6.46. The molecule has 0 atom stereocenters. The third kappa shape index (κ3) is 4.20. The number of phenolic OH excluding ortho intramolecular Hbond substituents is 1. The molecule has 1 aromatic heterocycles. The topological polar surface area (TPSA) is 125 Å². The van der Waals surface area contributed by atoms with Gasteiger partial charge in [0.1, 0.15) is 5.75 Å². The molecule has 28 heavy (non-hydrogen) atoms. The molecule has 2 aromatic carbocycles. The SMILES string of the molecule is CC(C)OC(=O)CCNc1n[n+]([O-])c2cc(-c3cccc(O)c3)ccc2[n+]1[O-]. The van der Waals surface area contributed by atoms with Crippen molar-refractivity contribution in [2.75, 3.05) is 11.9 Å². The highest BCUT2D eigenvalue weighted by Crippen LogP contribution is 2.24. The molecule has 0 saturated carbocycles. The number of phenols is 1. The van der Waals surface area contributed by atoms with Crippen molar-refractivity contribution in [2.24, 2.45) is 0 Å². The standard InChI is InChI=1S/C19H20N4O5/c1-12(2)28-18(25)8-9-20-19-21-23(27)17-11-14(6-7-16(17)22(19)26)13-4-3-5-15(24)10-13/h3-7,10-12,24H,8-9H2,1-2H3,(H,20,21). The average molecular weight is 384 g/mol. The smallest absolute Gasteiger partial charge is 0.460 e. The normalized spacial score (nSPS) is 11.0. The molecule has 3 aromatic rings. The van der Waals surface area contributed by atoms with Gasteiger partial charge in [-0.15, -0.1) is 0 Å². The van der Waals surface area contributed by atoms with Gasteiger partial charge in [0.2, 0.25) is 5.10 Å². The average Bonchev–Trinajstić information content (AvgIpc) is 2.64. The number of hydrogen-bond donors (Lipinski definition) is 2. The van der Waals surface area contributed by atoms with Gasteiger partial charge in [0.05, 0.1) is 19.1 Å². The lowest BCUT2D eigenvalue weighted by Crippen LogP contribution is -2.44. The number of hydrogen-bond acceptors (Lipinski definition) is 7. The van der Waals surface area contributed by atoms with E-state index in [9.17, 15) is 20.3 Å². The first-order valence-corrected chi connectivity index (χ1v) is 8.75. The Balaban J connectivity index is 1.85. The van der Waals surface area contributed by atoms with Crippen molar-refractivity contribution < 1.29 is 24.2 Å². The molecular weight excluding hydrogens is 364 g/mol. The van der Waals surface area contributed by atoms with Crippen molar-refractivity contribution in [3.05, 3.63) is 52.9 Å². The van der Waals surface area contributed by atoms with Crippen LogP contribution in [-0.2, 0) is 9.53 Å². The molecule has 0 radical (unpaired) electrons. The first-order chi connectivity index (χ1) is 13.3. The quantitative estimate of drug-likeness (QED) is 0.376. The summed E-state index contributed by atoms with van der Waals surface area (Å²) in [6, 6.07) is 11.3. The molecule has 0 spiro atoms. The number of benzene rings is 2. The van der Waals surface area contributed by atoms with Crippen molar-refractivity contribution in [3.8, 4) is 16.9 Å². The number of carbonyl (C=O) groups excluding carboxylic acids is 1. The van der Waals surface area contributed by atoms with E-state index in [2.05, 4.69) is 10.4 Å². The largest absolute Gasteiger partial charge is 0.739 e. The van der Waals surface area contributed by atoms with Gasteiger partial charge in [-0.3, -0.25) is 10.1 Å². The van der Waals surface area contributed by atoms with Crippen LogP contribution in [0.3, 0.4) is 0 Å². The lowest BCUT2D eigenvalue weighted by molar-refractivity contribution is -0.672. The van der Waals surface area contributed by atoms with Crippen LogP contribution in [0.2, 0.25) is 0 Å². The molecule has 2 N–H and O–H groups in total. The molecule has 0 aliphatic carbocycles. The van der Waals surface area contributed by atoms with E-state index in [0.717, 1.165) is 0 Å². The van der Waals surface area contributed by atoms with Gasteiger partial charge in [0.25, 0.3) is 5.52 Å². The highest BCUT2D eigenvalue weighted by Gasteiger charge is 2.21. The van der Waals surface area contributed by atoms with Crippen LogP contribution in [0.1, 0.15) is 20.3 Å². The molecule has 9 nitrogen and oxygen atoms in total. The second kappa shape index (κ2) is 7.95. The zero-order valence-electron chi connectivity index (χ0n) is 15.5. The van der Waals surface area contributed by atoms with Crippen LogP contribution >= 0.6 is 0 Å². The Hall–Kier alpha value is -3.62. The maximum absolute atomic E-state index is 12.5. The van der Waals surface area contributed by atoms with Crippen LogP contribution in [0.25, 0.3) is 22.2 Å². The summed E-state index contributed by atoms with van der Waals surface area (Å²) in [5.41, 5.74) is 1.57. The number of aromatic nitrogens is 3. The fraction of sp³-hybridized carbons (Fsp3) is 0.263. The second-order valence-corrected chi connectivity index (χ2v) is 6.46. The number of carbonyl (C=O) groups is 1. The summed E-state index contributed by atoms with van der Waals surface area (Å²) in [6.45, 7) is 3.59. The van der Waals surface area contributed by atoms with Crippen LogP contribution < -0.4 is 14.9 Å². The summed E-state index contributed by atoms with van der Waals surface area (Å²) in [5.74, 6) is -0.517. The summed E-state index contributed by atoms with van der Waals surface area (Å²) in [6.07, 6.45) is -0.187. The molecule has 0 bridgehead atoms. The minimum absolute atomic E-state index is 0.0349. The highest BCUT2D eigenvalue weighted by atomic mass is 16.5. The van der Waals surface area contributed by atoms with E-state index in [1.165, 1.54) is 12.1 Å². The maximum Gasteiger partial charge on any atom is 0.460 e. The van der Waals surface area contributed by atoms with E-state index in [1.807, 2.05) is 0 Å². The number of anilines is 1. The monoisotopic (exact) mass is 384 g/mol. The molecule has 146 valence electrons.